The number of rotatable bonds is 9. The Morgan fingerprint density at radius 2 is 1.32 bits per heavy atom. The number of nitrogens with zero attached hydrogens (tertiary/aromatic N) is 3. The van der Waals surface area contributed by atoms with Crippen LogP contribution in [0, 0.1) is 11.3 Å². The number of carbonyl (C=O) groups is 1. The molecule has 6 nitrogen and oxygen atoms in total. The number of anilines is 2. The van der Waals surface area contributed by atoms with E-state index in [4.69, 9.17) is 9.47 Å². The smallest absolute Gasteiger partial charge is 0.349 e. The molecule has 1 heterocycles. The lowest BCUT2D eigenvalue weighted by Crippen LogP contribution is -2.10. The molecule has 2 aromatic rings. The molecule has 1 aliphatic rings. The Hall–Kier alpha value is -4.76. The van der Waals surface area contributed by atoms with E-state index < -0.39 is 5.97 Å². The number of nitriles is 1. The first kappa shape index (κ1) is 26.8. The molecular weight excluding hydrogens is 462 g/mol. The summed E-state index contributed by atoms with van der Waals surface area (Å²) in [4.78, 5) is 16.5. The minimum atomic E-state index is -0.711. The Bertz CT molecular complexity index is 1240. The molecule has 1 aliphatic heterocycles. The highest BCUT2D eigenvalue weighted by Crippen LogP contribution is 2.26. The van der Waals surface area contributed by atoms with Crippen LogP contribution in [-0.2, 0) is 14.3 Å². The molecule has 0 fully saturated rings. The van der Waals surface area contributed by atoms with Crippen LogP contribution < -0.4 is 9.80 Å². The average Bonchev–Trinajstić information content (AvgIpc) is 2.90. The van der Waals surface area contributed by atoms with Crippen molar-refractivity contribution < 1.29 is 14.3 Å². The number of esters is 1. The predicted molar refractivity (Wildman–Crippen MR) is 151 cm³/mol. The van der Waals surface area contributed by atoms with Crippen molar-refractivity contribution in [2.24, 2.45) is 0 Å². The lowest BCUT2D eigenvalue weighted by Gasteiger charge is -2.15. The van der Waals surface area contributed by atoms with Gasteiger partial charge in [0.15, 0.2) is 0 Å². The van der Waals surface area contributed by atoms with Crippen LogP contribution in [0.3, 0.4) is 0 Å². The Balaban J connectivity index is 1.92. The molecule has 0 amide bonds. The average molecular weight is 494 g/mol. The summed E-state index contributed by atoms with van der Waals surface area (Å²) in [7, 11) is 7.96. The van der Waals surface area contributed by atoms with Crippen LogP contribution in [0.25, 0.3) is 12.2 Å². The molecule has 3 rings (SSSR count). The summed E-state index contributed by atoms with van der Waals surface area (Å²) in [5.74, 6) is 0.263. The minimum Gasteiger partial charge on any atom is -0.457 e. The van der Waals surface area contributed by atoms with E-state index in [1.54, 1.807) is 24.3 Å². The molecule has 0 atom stereocenters. The summed E-state index contributed by atoms with van der Waals surface area (Å²) >= 11 is 0. The molecule has 6 heteroatoms. The molecule has 0 aromatic heterocycles. The van der Waals surface area contributed by atoms with Gasteiger partial charge in [-0.3, -0.25) is 0 Å². The summed E-state index contributed by atoms with van der Waals surface area (Å²) < 4.78 is 11.2. The van der Waals surface area contributed by atoms with Crippen molar-refractivity contribution in [1.29, 1.82) is 5.26 Å². The molecule has 0 N–H and O–H groups in total. The van der Waals surface area contributed by atoms with E-state index in [0.29, 0.717) is 17.1 Å². The Labute approximate surface area is 219 Å². The van der Waals surface area contributed by atoms with Crippen molar-refractivity contribution in [1.82, 2.24) is 0 Å². The van der Waals surface area contributed by atoms with Crippen molar-refractivity contribution in [3.8, 4) is 6.07 Å². The summed E-state index contributed by atoms with van der Waals surface area (Å²) in [6.07, 6.45) is 12.2. The third-order valence-electron chi connectivity index (χ3n) is 5.47. The van der Waals surface area contributed by atoms with Crippen molar-refractivity contribution in [2.75, 3.05) is 44.6 Å². The van der Waals surface area contributed by atoms with Gasteiger partial charge < -0.3 is 19.3 Å². The van der Waals surface area contributed by atoms with Crippen LogP contribution in [0.5, 0.6) is 0 Å². The highest BCUT2D eigenvalue weighted by atomic mass is 16.5. The van der Waals surface area contributed by atoms with E-state index in [2.05, 4.69) is 6.58 Å². The van der Waals surface area contributed by atoms with Crippen molar-refractivity contribution in [3.63, 3.8) is 0 Å². The van der Waals surface area contributed by atoms with Gasteiger partial charge in [0.1, 0.15) is 29.8 Å². The molecule has 0 spiro atoms. The van der Waals surface area contributed by atoms with Crippen molar-refractivity contribution >= 4 is 29.5 Å². The van der Waals surface area contributed by atoms with Gasteiger partial charge in [0.05, 0.1) is 0 Å². The topological polar surface area (TPSA) is 65.8 Å². The van der Waals surface area contributed by atoms with E-state index >= 15 is 0 Å². The van der Waals surface area contributed by atoms with E-state index in [1.807, 2.05) is 105 Å². The first-order valence-electron chi connectivity index (χ1n) is 11.8. The molecular formula is C31H31N3O3. The van der Waals surface area contributed by atoms with Crippen molar-refractivity contribution in [2.45, 2.75) is 0 Å². The van der Waals surface area contributed by atoms with Crippen LogP contribution >= 0.6 is 0 Å². The zero-order valence-electron chi connectivity index (χ0n) is 21.6. The zero-order chi connectivity index (χ0) is 26.8. The van der Waals surface area contributed by atoms with Gasteiger partial charge in [-0.25, -0.2) is 4.79 Å². The fourth-order valence-corrected chi connectivity index (χ4v) is 3.41. The minimum absolute atomic E-state index is 0.0205. The molecule has 0 aliphatic carbocycles. The molecule has 0 unspecified atom stereocenters. The second-order valence-electron chi connectivity index (χ2n) is 8.66. The van der Waals surface area contributed by atoms with E-state index in [0.717, 1.165) is 22.5 Å². The highest BCUT2D eigenvalue weighted by Gasteiger charge is 2.18. The predicted octanol–water partition coefficient (Wildman–Crippen LogP) is 5.89. The normalized spacial score (nSPS) is 12.9. The Morgan fingerprint density at radius 1 is 0.865 bits per heavy atom. The molecule has 0 saturated carbocycles. The molecule has 0 saturated heterocycles. The number of ether oxygens (including phenoxy) is 2. The lowest BCUT2D eigenvalue weighted by atomic mass is 10.0. The van der Waals surface area contributed by atoms with Gasteiger partial charge in [-0.15, -0.1) is 0 Å². The number of carbonyl (C=O) groups excluding carboxylic acids is 1. The van der Waals surface area contributed by atoms with Crippen LogP contribution in [0.2, 0.25) is 0 Å². The molecule has 37 heavy (non-hydrogen) atoms. The monoisotopic (exact) mass is 493 g/mol. The molecule has 188 valence electrons. The SMILES string of the molecule is C=CCOC(=O)C(C#N)=C1C=C(/C=C/c2ccc(N(C)C)cc2)OC(/C=C/c2ccc(N(C)C)cc2)=C1. The second kappa shape index (κ2) is 12.8. The van der Waals surface area contributed by atoms with Crippen LogP contribution in [0.1, 0.15) is 11.1 Å². The summed E-state index contributed by atoms with van der Waals surface area (Å²) in [6.45, 7) is 3.57. The fraction of sp³-hybridized carbons (Fsp3) is 0.161. The van der Waals surface area contributed by atoms with Gasteiger partial charge in [0.2, 0.25) is 0 Å². The maximum atomic E-state index is 12.5. The summed E-state index contributed by atoms with van der Waals surface area (Å²) in [6, 6.07) is 18.1. The second-order valence-corrected chi connectivity index (χ2v) is 8.66. The number of allylic oxidation sites excluding steroid dienone is 5. The first-order chi connectivity index (χ1) is 17.8. The standard InChI is InChI=1S/C31H31N3O3/c1-6-19-36-31(35)30(22-32)25-20-28(17-11-23-7-13-26(14-8-23)33(2)3)37-29(21-25)18-12-24-9-15-27(16-10-24)34(4)5/h6-18,20-21H,1,19H2,2-5H3/b17-11+,18-12+. The maximum absolute atomic E-state index is 12.5. The summed E-state index contributed by atoms with van der Waals surface area (Å²) in [5, 5.41) is 9.70. The molecule has 0 radical (unpaired) electrons. The highest BCUT2D eigenvalue weighted by molar-refractivity contribution is 5.95. The van der Waals surface area contributed by atoms with Gasteiger partial charge in [-0.1, -0.05) is 49.1 Å². The fourth-order valence-electron chi connectivity index (χ4n) is 3.41. The van der Waals surface area contributed by atoms with E-state index in [9.17, 15) is 10.1 Å². The van der Waals surface area contributed by atoms with Gasteiger partial charge in [-0.05, 0) is 59.7 Å². The van der Waals surface area contributed by atoms with Gasteiger partial charge in [0.25, 0.3) is 0 Å². The largest absolute Gasteiger partial charge is 0.457 e. The van der Waals surface area contributed by atoms with Crippen molar-refractivity contribution in [3.05, 3.63) is 119 Å². The van der Waals surface area contributed by atoms with Gasteiger partial charge >= 0.3 is 5.97 Å². The zero-order valence-corrected chi connectivity index (χ0v) is 21.6. The van der Waals surface area contributed by atoms with Crippen LogP contribution in [-0.4, -0.2) is 40.8 Å². The number of benzene rings is 2. The quantitative estimate of drug-likeness (QED) is 0.188. The van der Waals surface area contributed by atoms with Gasteiger partial charge in [-0.2, -0.15) is 5.26 Å². The van der Waals surface area contributed by atoms with Gasteiger partial charge in [0, 0.05) is 45.1 Å². The maximum Gasteiger partial charge on any atom is 0.349 e. The number of hydrogen-bond acceptors (Lipinski definition) is 6. The Morgan fingerprint density at radius 3 is 1.70 bits per heavy atom. The number of hydrogen-bond donors (Lipinski definition) is 0. The molecule has 2 aromatic carbocycles. The Kier molecular flexibility index (Phi) is 9.29. The summed E-state index contributed by atoms with van der Waals surface area (Å²) in [5.41, 5.74) is 4.47. The van der Waals surface area contributed by atoms with Crippen LogP contribution in [0.4, 0.5) is 11.4 Å². The van der Waals surface area contributed by atoms with E-state index in [-0.39, 0.29) is 12.2 Å². The third kappa shape index (κ3) is 7.61. The first-order valence-corrected chi connectivity index (χ1v) is 11.8. The third-order valence-corrected chi connectivity index (χ3v) is 5.47. The molecule has 0 bridgehead atoms. The lowest BCUT2D eigenvalue weighted by molar-refractivity contribution is -0.137. The van der Waals surface area contributed by atoms with Crippen LogP contribution in [0.15, 0.2) is 108 Å². The van der Waals surface area contributed by atoms with E-state index in [1.165, 1.54) is 6.08 Å².